The van der Waals surface area contributed by atoms with Gasteiger partial charge in [-0.15, -0.1) is 6.42 Å². The summed E-state index contributed by atoms with van der Waals surface area (Å²) in [6.45, 7) is 13.6. The lowest BCUT2D eigenvalue weighted by molar-refractivity contribution is -0.438. The Labute approximate surface area is 257 Å². The topological polar surface area (TPSA) is 35.4 Å². The predicted octanol–water partition coefficient (Wildman–Crippen LogP) is 4.19. The van der Waals surface area contributed by atoms with Crippen molar-refractivity contribution in [3.05, 3.63) is 95.7 Å². The van der Waals surface area contributed by atoms with Gasteiger partial charge in [0.25, 0.3) is 0 Å². The fraction of sp³-hybridized carbons (Fsp3) is 0.389. The van der Waals surface area contributed by atoms with Crippen LogP contribution in [0.5, 0.6) is 0 Å². The van der Waals surface area contributed by atoms with Crippen LogP contribution in [0, 0.1) is 12.3 Å². The van der Waals surface area contributed by atoms with Gasteiger partial charge in [0.15, 0.2) is 5.71 Å². The van der Waals surface area contributed by atoms with Gasteiger partial charge in [-0.25, -0.2) is 0 Å². The highest BCUT2D eigenvalue weighted by Crippen LogP contribution is 2.47. The Morgan fingerprint density at radius 3 is 2.39 bits per heavy atom. The fourth-order valence-corrected chi connectivity index (χ4v) is 6.19. The van der Waals surface area contributed by atoms with E-state index < -0.39 is 0 Å². The van der Waals surface area contributed by atoms with E-state index in [0.717, 1.165) is 32.4 Å². The first-order chi connectivity index (χ1) is 19.2. The van der Waals surface area contributed by atoms with E-state index >= 15 is 0 Å². The Bertz CT molecular complexity index is 1400. The van der Waals surface area contributed by atoms with E-state index in [1.54, 1.807) is 0 Å². The number of nitrogens with zero attached hydrogens (tertiary/aromatic N) is 2. The number of unbranched alkanes of at least 4 members (excludes halogenated alkanes) is 2. The van der Waals surface area contributed by atoms with Crippen molar-refractivity contribution >= 4 is 23.0 Å². The fourth-order valence-electron chi connectivity index (χ4n) is 6.19. The molecule has 5 heteroatoms. The maximum absolute atomic E-state index is 11.9. The van der Waals surface area contributed by atoms with Gasteiger partial charge in [0.05, 0.1) is 12.0 Å². The molecular formula is C36H44BrN3O. The normalized spacial score (nSPS) is 17.6. The second kappa shape index (κ2) is 14.0. The third-order valence-electron chi connectivity index (χ3n) is 8.32. The van der Waals surface area contributed by atoms with E-state index in [1.165, 1.54) is 33.9 Å². The Morgan fingerprint density at radius 1 is 0.951 bits per heavy atom. The first kappa shape index (κ1) is 32.2. The van der Waals surface area contributed by atoms with Crippen molar-refractivity contribution in [3.63, 3.8) is 0 Å². The second-order valence-corrected chi connectivity index (χ2v) is 11.7. The van der Waals surface area contributed by atoms with Gasteiger partial charge < -0.3 is 27.2 Å². The Hall–Kier alpha value is -3.36. The zero-order valence-corrected chi connectivity index (χ0v) is 26.8. The van der Waals surface area contributed by atoms with Crippen LogP contribution in [-0.2, 0) is 15.6 Å². The molecule has 1 amide bonds. The number of likely N-dealkylation sites (N-methyl/N-ethyl adjacent to an activating group) is 1. The molecule has 216 valence electrons. The largest absolute Gasteiger partial charge is 1.00 e. The van der Waals surface area contributed by atoms with E-state index in [1.807, 2.05) is 0 Å². The van der Waals surface area contributed by atoms with E-state index in [4.69, 9.17) is 6.42 Å². The molecule has 0 aliphatic carbocycles. The number of hydrogen-bond acceptors (Lipinski definition) is 2. The third kappa shape index (κ3) is 6.76. The molecule has 0 bridgehead atoms. The molecule has 2 heterocycles. The van der Waals surface area contributed by atoms with Crippen LogP contribution in [0.2, 0.25) is 0 Å². The molecule has 0 radical (unpaired) electrons. The summed E-state index contributed by atoms with van der Waals surface area (Å²) in [5, 5.41) is 2.75. The molecular weight excluding hydrogens is 570 g/mol. The molecule has 0 unspecified atom stereocenters. The molecule has 2 aliphatic heterocycles. The van der Waals surface area contributed by atoms with Gasteiger partial charge in [-0.2, -0.15) is 4.58 Å². The summed E-state index contributed by atoms with van der Waals surface area (Å²) >= 11 is 0. The van der Waals surface area contributed by atoms with E-state index in [9.17, 15) is 4.79 Å². The lowest BCUT2D eigenvalue weighted by atomic mass is 9.81. The van der Waals surface area contributed by atoms with Crippen molar-refractivity contribution in [2.45, 2.75) is 71.1 Å². The molecule has 2 aromatic carbocycles. The maximum Gasteiger partial charge on any atom is 0.220 e. The molecule has 0 saturated carbocycles. The molecule has 0 aromatic heterocycles. The lowest BCUT2D eigenvalue weighted by Crippen LogP contribution is -3.00. The Balaban J connectivity index is 0.00000462. The van der Waals surface area contributed by atoms with Crippen LogP contribution in [-0.4, -0.2) is 35.8 Å². The van der Waals surface area contributed by atoms with Crippen molar-refractivity contribution in [3.8, 4) is 12.3 Å². The number of rotatable bonds is 11. The van der Waals surface area contributed by atoms with Crippen LogP contribution in [0.1, 0.15) is 71.4 Å². The molecule has 4 nitrogen and oxygen atoms in total. The maximum atomic E-state index is 11.9. The number of para-hydroxylation sites is 2. The second-order valence-electron chi connectivity index (χ2n) is 11.7. The average molecular weight is 615 g/mol. The zero-order valence-electron chi connectivity index (χ0n) is 25.2. The minimum atomic E-state index is -0.0807. The molecule has 0 atom stereocenters. The number of fused-ring (bicyclic) bond motifs is 2. The van der Waals surface area contributed by atoms with Crippen LogP contribution in [0.15, 0.2) is 84.6 Å². The molecule has 0 fully saturated rings. The van der Waals surface area contributed by atoms with Crippen LogP contribution in [0.3, 0.4) is 0 Å². The molecule has 41 heavy (non-hydrogen) atoms. The van der Waals surface area contributed by atoms with E-state index in [-0.39, 0.29) is 33.7 Å². The zero-order chi connectivity index (χ0) is 28.8. The summed E-state index contributed by atoms with van der Waals surface area (Å²) in [6.07, 6.45) is 19.7. The molecule has 1 N–H and O–H groups in total. The first-order valence-corrected chi connectivity index (χ1v) is 14.6. The van der Waals surface area contributed by atoms with Crippen molar-refractivity contribution in [2.75, 3.05) is 24.5 Å². The van der Waals surface area contributed by atoms with Gasteiger partial charge in [0, 0.05) is 53.9 Å². The summed E-state index contributed by atoms with van der Waals surface area (Å²) < 4.78 is 2.46. The number of nitrogens with one attached hydrogen (secondary N) is 1. The van der Waals surface area contributed by atoms with Crippen LogP contribution in [0.25, 0.3) is 0 Å². The number of benzene rings is 2. The summed E-state index contributed by atoms with van der Waals surface area (Å²) in [5.74, 6) is 2.49. The van der Waals surface area contributed by atoms with Crippen LogP contribution < -0.4 is 27.2 Å². The number of amides is 1. The van der Waals surface area contributed by atoms with Crippen molar-refractivity contribution in [1.29, 1.82) is 0 Å². The number of carbonyl (C=O) groups is 1. The Morgan fingerprint density at radius 2 is 1.66 bits per heavy atom. The standard InChI is InChI=1S/C36H43N3O.BrH/c1-7-26-37-34(40)25-13-10-18-27-39-31-22-17-15-20-29(31)36(5,6)33(39)24-12-9-11-23-32-35(3,4)28-19-14-16-21-30(28)38(32)8-2;/h1,9,11-12,14-17,19-24H,8,10,13,18,25-27H2,2-6H3;1H. The number of terminal acetylenes is 1. The molecule has 2 aromatic rings. The number of anilines is 1. The predicted molar refractivity (Wildman–Crippen MR) is 168 cm³/mol. The van der Waals surface area contributed by atoms with Gasteiger partial charge in [-0.3, -0.25) is 4.79 Å². The summed E-state index contributed by atoms with van der Waals surface area (Å²) in [7, 11) is 0. The summed E-state index contributed by atoms with van der Waals surface area (Å²) in [5.41, 5.74) is 7.88. The van der Waals surface area contributed by atoms with Crippen LogP contribution >= 0.6 is 0 Å². The smallest absolute Gasteiger partial charge is 0.220 e. The minimum Gasteiger partial charge on any atom is -1.00 e. The van der Waals surface area contributed by atoms with Crippen molar-refractivity contribution in [2.24, 2.45) is 0 Å². The Kier molecular flexibility index (Phi) is 11.0. The highest BCUT2D eigenvalue weighted by Gasteiger charge is 2.43. The molecule has 0 spiro atoms. The highest BCUT2D eigenvalue weighted by atomic mass is 79.9. The first-order valence-electron chi connectivity index (χ1n) is 14.6. The number of allylic oxidation sites excluding steroid dienone is 6. The van der Waals surface area contributed by atoms with Crippen molar-refractivity contribution < 1.29 is 26.4 Å². The van der Waals surface area contributed by atoms with Gasteiger partial charge >= 0.3 is 0 Å². The SMILES string of the molecule is C#CCNC(=O)CCCCC[N+]1=C(C=CC=CC=C2N(CC)c3ccccc3C2(C)C)C(C)(C)c2ccccc21.[Br-]. The highest BCUT2D eigenvalue weighted by molar-refractivity contribution is 6.03. The minimum absolute atomic E-state index is 0. The average Bonchev–Trinajstić information content (AvgIpc) is 3.30. The van der Waals surface area contributed by atoms with Gasteiger partial charge in [0.2, 0.25) is 11.6 Å². The lowest BCUT2D eigenvalue weighted by Gasteiger charge is -2.25. The summed E-state index contributed by atoms with van der Waals surface area (Å²) in [4.78, 5) is 14.3. The van der Waals surface area contributed by atoms with Crippen LogP contribution in [0.4, 0.5) is 11.4 Å². The van der Waals surface area contributed by atoms with Crippen molar-refractivity contribution in [1.82, 2.24) is 5.32 Å². The number of halogens is 1. The van der Waals surface area contributed by atoms with E-state index in [2.05, 4.69) is 134 Å². The van der Waals surface area contributed by atoms with E-state index in [0.29, 0.717) is 13.0 Å². The quantitative estimate of drug-likeness (QED) is 0.179. The number of hydrogen-bond donors (Lipinski definition) is 1. The monoisotopic (exact) mass is 613 g/mol. The molecule has 2 aliphatic rings. The summed E-state index contributed by atoms with van der Waals surface area (Å²) in [6, 6.07) is 17.5. The number of carbonyl (C=O) groups excluding carboxylic acids is 1. The van der Waals surface area contributed by atoms with Gasteiger partial charge in [0.1, 0.15) is 6.54 Å². The molecule has 0 saturated heterocycles. The third-order valence-corrected chi connectivity index (χ3v) is 8.32. The van der Waals surface area contributed by atoms with Gasteiger partial charge in [-0.05, 0) is 51.3 Å². The van der Waals surface area contributed by atoms with Gasteiger partial charge in [-0.1, -0.05) is 74.4 Å². The molecule has 4 rings (SSSR count).